The lowest BCUT2D eigenvalue weighted by Crippen LogP contribution is -2.35. The van der Waals surface area contributed by atoms with E-state index in [9.17, 15) is 4.79 Å². The maximum Gasteiger partial charge on any atom is 0.255 e. The molecule has 0 atom stereocenters. The number of aryl methyl sites for hydroxylation is 2. The highest BCUT2D eigenvalue weighted by molar-refractivity contribution is 5.81. The Kier molecular flexibility index (Phi) is 3.31. The van der Waals surface area contributed by atoms with Gasteiger partial charge in [-0.3, -0.25) is 9.69 Å². The van der Waals surface area contributed by atoms with Crippen molar-refractivity contribution in [2.24, 2.45) is 7.05 Å². The predicted molar refractivity (Wildman–Crippen MR) is 90.3 cm³/mol. The van der Waals surface area contributed by atoms with Crippen LogP contribution >= 0.6 is 0 Å². The van der Waals surface area contributed by atoms with E-state index in [1.54, 1.807) is 0 Å². The normalized spacial score (nSPS) is 15.0. The Hall–Kier alpha value is -2.40. The zero-order valence-corrected chi connectivity index (χ0v) is 13.5. The van der Waals surface area contributed by atoms with Gasteiger partial charge in [0.1, 0.15) is 5.82 Å². The summed E-state index contributed by atoms with van der Waals surface area (Å²) in [4.78, 5) is 21.8. The Morgan fingerprint density at radius 1 is 1.30 bits per heavy atom. The molecule has 0 bridgehead atoms. The lowest BCUT2D eigenvalue weighted by atomic mass is 10.1. The first-order valence-corrected chi connectivity index (χ1v) is 7.96. The van der Waals surface area contributed by atoms with Gasteiger partial charge >= 0.3 is 0 Å². The number of rotatable bonds is 2. The highest BCUT2D eigenvalue weighted by Gasteiger charge is 2.21. The van der Waals surface area contributed by atoms with E-state index in [4.69, 9.17) is 0 Å². The van der Waals surface area contributed by atoms with Crippen molar-refractivity contribution in [3.63, 3.8) is 0 Å². The summed E-state index contributed by atoms with van der Waals surface area (Å²) in [6.45, 7) is 4.28. The number of nitrogens with one attached hydrogen (secondary N) is 1. The SMILES string of the molecule is Cc1nc2c(c(=O)[nH]1)CN(Cc1cc3ccccc3n1C)CC2. The summed E-state index contributed by atoms with van der Waals surface area (Å²) in [5.74, 6) is 0.705. The van der Waals surface area contributed by atoms with E-state index in [1.165, 1.54) is 16.6 Å². The van der Waals surface area contributed by atoms with Gasteiger partial charge in [-0.25, -0.2) is 4.98 Å². The third kappa shape index (κ3) is 2.47. The van der Waals surface area contributed by atoms with Crippen LogP contribution in [0.2, 0.25) is 0 Å². The molecule has 0 saturated carbocycles. The number of H-pyrrole nitrogens is 1. The van der Waals surface area contributed by atoms with Gasteiger partial charge in [0.2, 0.25) is 0 Å². The summed E-state index contributed by atoms with van der Waals surface area (Å²) >= 11 is 0. The van der Waals surface area contributed by atoms with Gasteiger partial charge < -0.3 is 9.55 Å². The Morgan fingerprint density at radius 3 is 2.96 bits per heavy atom. The smallest absolute Gasteiger partial charge is 0.255 e. The van der Waals surface area contributed by atoms with E-state index < -0.39 is 0 Å². The molecule has 4 rings (SSSR count). The van der Waals surface area contributed by atoms with Crippen molar-refractivity contribution < 1.29 is 0 Å². The molecule has 0 aliphatic carbocycles. The fourth-order valence-electron chi connectivity index (χ4n) is 3.47. The molecule has 0 radical (unpaired) electrons. The fraction of sp³-hybridized carbons (Fsp3) is 0.333. The molecule has 2 aromatic heterocycles. The molecule has 0 fully saturated rings. The maximum atomic E-state index is 12.2. The molecular weight excluding hydrogens is 288 g/mol. The summed E-state index contributed by atoms with van der Waals surface area (Å²) in [5, 5.41) is 1.26. The topological polar surface area (TPSA) is 53.9 Å². The van der Waals surface area contributed by atoms with Crippen LogP contribution in [0.25, 0.3) is 10.9 Å². The molecule has 0 amide bonds. The second-order valence-corrected chi connectivity index (χ2v) is 6.29. The minimum absolute atomic E-state index is 0.00856. The summed E-state index contributed by atoms with van der Waals surface area (Å²) in [6, 6.07) is 10.7. The van der Waals surface area contributed by atoms with Gasteiger partial charge in [-0.1, -0.05) is 18.2 Å². The zero-order valence-electron chi connectivity index (χ0n) is 13.5. The average Bonchev–Trinajstić information content (AvgIpc) is 2.84. The van der Waals surface area contributed by atoms with Crippen LogP contribution in [-0.2, 0) is 26.6 Å². The number of fused-ring (bicyclic) bond motifs is 2. The van der Waals surface area contributed by atoms with E-state index >= 15 is 0 Å². The number of nitrogens with zero attached hydrogens (tertiary/aromatic N) is 3. The highest BCUT2D eigenvalue weighted by atomic mass is 16.1. The number of hydrogen-bond donors (Lipinski definition) is 1. The number of hydrogen-bond acceptors (Lipinski definition) is 3. The van der Waals surface area contributed by atoms with Gasteiger partial charge in [-0.05, 0) is 24.4 Å². The molecule has 5 nitrogen and oxygen atoms in total. The van der Waals surface area contributed by atoms with Crippen LogP contribution in [0.3, 0.4) is 0 Å². The molecule has 0 saturated heterocycles. The molecule has 5 heteroatoms. The molecule has 1 aliphatic rings. The van der Waals surface area contributed by atoms with Crippen LogP contribution < -0.4 is 5.56 Å². The maximum absolute atomic E-state index is 12.2. The van der Waals surface area contributed by atoms with Crippen LogP contribution in [0, 0.1) is 6.92 Å². The molecular formula is C18H20N4O. The first-order chi connectivity index (χ1) is 11.1. The largest absolute Gasteiger partial charge is 0.346 e. The number of aromatic nitrogens is 3. The van der Waals surface area contributed by atoms with Gasteiger partial charge in [0.15, 0.2) is 0 Å². The summed E-state index contributed by atoms with van der Waals surface area (Å²) in [7, 11) is 2.10. The van der Waals surface area contributed by atoms with E-state index in [0.29, 0.717) is 12.4 Å². The minimum Gasteiger partial charge on any atom is -0.346 e. The Bertz CT molecular complexity index is 938. The highest BCUT2D eigenvalue weighted by Crippen LogP contribution is 2.21. The van der Waals surface area contributed by atoms with Crippen molar-refractivity contribution in [2.45, 2.75) is 26.4 Å². The fourth-order valence-corrected chi connectivity index (χ4v) is 3.47. The molecule has 1 N–H and O–H groups in total. The van der Waals surface area contributed by atoms with Gasteiger partial charge in [0.25, 0.3) is 5.56 Å². The summed E-state index contributed by atoms with van der Waals surface area (Å²) < 4.78 is 2.24. The number of benzene rings is 1. The minimum atomic E-state index is 0.00856. The third-order valence-electron chi connectivity index (χ3n) is 4.70. The van der Waals surface area contributed by atoms with Crippen LogP contribution in [0.5, 0.6) is 0 Å². The Balaban J connectivity index is 1.62. The van der Waals surface area contributed by atoms with Crippen molar-refractivity contribution in [1.29, 1.82) is 0 Å². The standard InChI is InChI=1S/C18H20N4O/c1-12-19-16-7-8-22(11-15(16)18(23)20-12)10-14-9-13-5-3-4-6-17(13)21(14)2/h3-6,9H,7-8,10-11H2,1-2H3,(H,19,20,23). The molecule has 1 aromatic carbocycles. The number of aromatic amines is 1. The van der Waals surface area contributed by atoms with E-state index in [2.05, 4.69) is 56.8 Å². The van der Waals surface area contributed by atoms with Crippen molar-refractivity contribution in [2.75, 3.05) is 6.54 Å². The Morgan fingerprint density at radius 2 is 2.13 bits per heavy atom. The second-order valence-electron chi connectivity index (χ2n) is 6.29. The molecule has 3 aromatic rings. The first kappa shape index (κ1) is 14.2. The van der Waals surface area contributed by atoms with Crippen molar-refractivity contribution in [3.05, 3.63) is 63.5 Å². The lowest BCUT2D eigenvalue weighted by molar-refractivity contribution is 0.237. The van der Waals surface area contributed by atoms with E-state index in [0.717, 1.165) is 30.8 Å². The molecule has 0 unspecified atom stereocenters. The monoisotopic (exact) mass is 308 g/mol. The van der Waals surface area contributed by atoms with Crippen molar-refractivity contribution >= 4 is 10.9 Å². The molecule has 0 spiro atoms. The molecule has 118 valence electrons. The van der Waals surface area contributed by atoms with Crippen molar-refractivity contribution in [1.82, 2.24) is 19.4 Å². The predicted octanol–water partition coefficient (Wildman–Crippen LogP) is 2.13. The summed E-state index contributed by atoms with van der Waals surface area (Å²) in [5.41, 5.74) is 4.30. The lowest BCUT2D eigenvalue weighted by Gasteiger charge is -2.27. The van der Waals surface area contributed by atoms with E-state index in [-0.39, 0.29) is 5.56 Å². The average molecular weight is 308 g/mol. The van der Waals surface area contributed by atoms with Crippen LogP contribution in [0.1, 0.15) is 22.8 Å². The Labute approximate surface area is 134 Å². The molecule has 3 heterocycles. The van der Waals surface area contributed by atoms with Gasteiger partial charge in [0, 0.05) is 44.3 Å². The molecule has 23 heavy (non-hydrogen) atoms. The van der Waals surface area contributed by atoms with Gasteiger partial charge in [-0.2, -0.15) is 0 Å². The van der Waals surface area contributed by atoms with Crippen LogP contribution in [-0.4, -0.2) is 26.0 Å². The van der Waals surface area contributed by atoms with Crippen LogP contribution in [0.15, 0.2) is 35.1 Å². The molecule has 1 aliphatic heterocycles. The third-order valence-corrected chi connectivity index (χ3v) is 4.70. The summed E-state index contributed by atoms with van der Waals surface area (Å²) in [6.07, 6.45) is 0.837. The first-order valence-electron chi connectivity index (χ1n) is 7.96. The second kappa shape index (κ2) is 5.35. The zero-order chi connectivity index (χ0) is 16.0. The van der Waals surface area contributed by atoms with E-state index in [1.807, 2.05) is 6.92 Å². The van der Waals surface area contributed by atoms with Crippen LogP contribution in [0.4, 0.5) is 0 Å². The quantitative estimate of drug-likeness (QED) is 0.789. The number of para-hydroxylation sites is 1. The van der Waals surface area contributed by atoms with Crippen molar-refractivity contribution in [3.8, 4) is 0 Å². The van der Waals surface area contributed by atoms with Gasteiger partial charge in [-0.15, -0.1) is 0 Å². The van der Waals surface area contributed by atoms with Gasteiger partial charge in [0.05, 0.1) is 11.3 Å².